The smallest absolute Gasteiger partial charge is 0.268 e. The number of aromatic nitrogens is 1. The molecular weight excluding hydrogens is 236 g/mol. The van der Waals surface area contributed by atoms with Gasteiger partial charge in [-0.15, -0.1) is 11.8 Å². The Kier molecular flexibility index (Phi) is 2.48. The Morgan fingerprint density at radius 2 is 2.29 bits per heavy atom. The van der Waals surface area contributed by atoms with Crippen LogP contribution in [-0.2, 0) is 0 Å². The van der Waals surface area contributed by atoms with Gasteiger partial charge in [-0.3, -0.25) is 4.79 Å². The van der Waals surface area contributed by atoms with Gasteiger partial charge in [-0.1, -0.05) is 0 Å². The highest BCUT2D eigenvalue weighted by atomic mass is 32.2. The Hall–Kier alpha value is -1.62. The van der Waals surface area contributed by atoms with E-state index in [1.165, 1.54) is 0 Å². The number of carbonyl (C=O) groups excluding carboxylic acids is 1. The number of ether oxygens (including phenoxy) is 1. The maximum atomic E-state index is 11.8. The number of fused-ring (bicyclic) bond motifs is 3. The van der Waals surface area contributed by atoms with Gasteiger partial charge in [-0.25, -0.2) is 0 Å². The summed E-state index contributed by atoms with van der Waals surface area (Å²) < 4.78 is 5.22. The van der Waals surface area contributed by atoms with Crippen LogP contribution in [0.5, 0.6) is 5.75 Å². The molecule has 2 N–H and O–H groups in total. The third-order valence-electron chi connectivity index (χ3n) is 2.82. The number of methoxy groups -OCH3 is 1. The maximum absolute atomic E-state index is 11.8. The molecule has 0 fully saturated rings. The highest BCUT2D eigenvalue weighted by Gasteiger charge is 2.20. The molecule has 0 atom stereocenters. The van der Waals surface area contributed by atoms with Crippen molar-refractivity contribution < 1.29 is 9.53 Å². The number of benzene rings is 1. The van der Waals surface area contributed by atoms with Crippen molar-refractivity contribution in [2.75, 3.05) is 19.4 Å². The van der Waals surface area contributed by atoms with Crippen LogP contribution in [0.2, 0.25) is 0 Å². The minimum Gasteiger partial charge on any atom is -0.497 e. The number of nitrogens with one attached hydrogen (secondary N) is 2. The van der Waals surface area contributed by atoms with Crippen molar-refractivity contribution in [2.24, 2.45) is 0 Å². The van der Waals surface area contributed by atoms with E-state index in [2.05, 4.69) is 10.3 Å². The second-order valence-corrected chi connectivity index (χ2v) is 4.95. The third-order valence-corrected chi connectivity index (χ3v) is 3.94. The van der Waals surface area contributed by atoms with Gasteiger partial charge in [0.2, 0.25) is 0 Å². The highest BCUT2D eigenvalue weighted by Crippen LogP contribution is 2.34. The Balaban J connectivity index is 2.25. The van der Waals surface area contributed by atoms with Crippen LogP contribution >= 0.6 is 11.8 Å². The first-order chi connectivity index (χ1) is 8.29. The topological polar surface area (TPSA) is 54.1 Å². The van der Waals surface area contributed by atoms with Crippen LogP contribution in [0, 0.1) is 0 Å². The highest BCUT2D eigenvalue weighted by molar-refractivity contribution is 7.99. The minimum atomic E-state index is -0.0276. The molecule has 4 nitrogen and oxygen atoms in total. The van der Waals surface area contributed by atoms with E-state index in [0.717, 1.165) is 27.3 Å². The molecule has 1 aromatic carbocycles. The van der Waals surface area contributed by atoms with Crippen LogP contribution < -0.4 is 10.1 Å². The van der Waals surface area contributed by atoms with Crippen LogP contribution in [0.1, 0.15) is 10.5 Å². The molecule has 0 radical (unpaired) electrons. The number of hydrogen-bond acceptors (Lipinski definition) is 3. The summed E-state index contributed by atoms with van der Waals surface area (Å²) >= 11 is 1.70. The normalized spacial score (nSPS) is 15.2. The van der Waals surface area contributed by atoms with Crippen LogP contribution in [0.15, 0.2) is 23.1 Å². The molecule has 88 valence electrons. The van der Waals surface area contributed by atoms with E-state index in [1.807, 2.05) is 18.2 Å². The maximum Gasteiger partial charge on any atom is 0.268 e. The van der Waals surface area contributed by atoms with Gasteiger partial charge in [-0.2, -0.15) is 0 Å². The minimum absolute atomic E-state index is 0.0276. The summed E-state index contributed by atoms with van der Waals surface area (Å²) in [7, 11) is 1.65. The van der Waals surface area contributed by atoms with Gasteiger partial charge in [0.05, 0.1) is 7.11 Å². The molecule has 3 rings (SSSR count). The molecule has 0 spiro atoms. The molecule has 2 aromatic rings. The number of H-pyrrole nitrogens is 1. The van der Waals surface area contributed by atoms with E-state index in [-0.39, 0.29) is 5.91 Å². The van der Waals surface area contributed by atoms with Gasteiger partial charge in [0.15, 0.2) is 0 Å². The second kappa shape index (κ2) is 4.00. The van der Waals surface area contributed by atoms with Gasteiger partial charge < -0.3 is 15.0 Å². The van der Waals surface area contributed by atoms with E-state index in [0.29, 0.717) is 12.2 Å². The van der Waals surface area contributed by atoms with Crippen LogP contribution in [0.25, 0.3) is 10.9 Å². The van der Waals surface area contributed by atoms with Crippen LogP contribution in [0.4, 0.5) is 0 Å². The molecule has 0 saturated carbocycles. The summed E-state index contributed by atoms with van der Waals surface area (Å²) in [4.78, 5) is 16.0. The lowest BCUT2D eigenvalue weighted by Gasteiger charge is -2.00. The van der Waals surface area contributed by atoms with E-state index < -0.39 is 0 Å². The summed E-state index contributed by atoms with van der Waals surface area (Å²) in [5.41, 5.74) is 1.64. The number of carbonyl (C=O) groups is 1. The van der Waals surface area contributed by atoms with Crippen molar-refractivity contribution >= 4 is 28.6 Å². The number of amides is 1. The van der Waals surface area contributed by atoms with Crippen molar-refractivity contribution in [3.63, 3.8) is 0 Å². The monoisotopic (exact) mass is 248 g/mol. The lowest BCUT2D eigenvalue weighted by atomic mass is 10.2. The predicted molar refractivity (Wildman–Crippen MR) is 67.9 cm³/mol. The quantitative estimate of drug-likeness (QED) is 0.811. The van der Waals surface area contributed by atoms with E-state index in [4.69, 9.17) is 4.74 Å². The predicted octanol–water partition coefficient (Wildman–Crippen LogP) is 2.01. The molecule has 1 aliphatic heterocycles. The fourth-order valence-corrected chi connectivity index (χ4v) is 3.01. The summed E-state index contributed by atoms with van der Waals surface area (Å²) in [6.07, 6.45) is 0. The number of rotatable bonds is 1. The SMILES string of the molecule is COc1ccc2[nH]c3c(c2c1)SCCNC3=O. The average molecular weight is 248 g/mol. The van der Waals surface area contributed by atoms with Crippen LogP contribution in [-0.4, -0.2) is 30.3 Å². The number of aromatic amines is 1. The molecule has 1 amide bonds. The molecule has 1 aromatic heterocycles. The average Bonchev–Trinajstić information content (AvgIpc) is 2.62. The lowest BCUT2D eigenvalue weighted by molar-refractivity contribution is 0.0950. The first-order valence-electron chi connectivity index (χ1n) is 5.40. The van der Waals surface area contributed by atoms with E-state index in [1.54, 1.807) is 18.9 Å². The Morgan fingerprint density at radius 1 is 1.41 bits per heavy atom. The molecule has 0 saturated heterocycles. The Labute approximate surface area is 103 Å². The molecule has 1 aliphatic rings. The Morgan fingerprint density at radius 3 is 3.12 bits per heavy atom. The summed E-state index contributed by atoms with van der Waals surface area (Å²) in [5, 5.41) is 3.92. The molecule has 0 unspecified atom stereocenters. The van der Waals surface area contributed by atoms with Crippen LogP contribution in [0.3, 0.4) is 0 Å². The number of hydrogen-bond donors (Lipinski definition) is 2. The fraction of sp³-hybridized carbons (Fsp3) is 0.250. The van der Waals surface area contributed by atoms with E-state index >= 15 is 0 Å². The van der Waals surface area contributed by atoms with Gasteiger partial charge in [0.1, 0.15) is 11.4 Å². The van der Waals surface area contributed by atoms with Crippen molar-refractivity contribution in [1.82, 2.24) is 10.3 Å². The van der Waals surface area contributed by atoms with Gasteiger partial charge >= 0.3 is 0 Å². The zero-order valence-electron chi connectivity index (χ0n) is 9.37. The Bertz CT molecular complexity index is 591. The molecule has 17 heavy (non-hydrogen) atoms. The van der Waals surface area contributed by atoms with Crippen molar-refractivity contribution in [3.05, 3.63) is 23.9 Å². The molecular formula is C12H12N2O2S. The third kappa shape index (κ3) is 1.67. The van der Waals surface area contributed by atoms with Crippen molar-refractivity contribution in [2.45, 2.75) is 4.90 Å². The first kappa shape index (κ1) is 10.5. The molecule has 2 heterocycles. The second-order valence-electron chi connectivity index (χ2n) is 3.85. The summed E-state index contributed by atoms with van der Waals surface area (Å²) in [5.74, 6) is 1.67. The summed E-state index contributed by atoms with van der Waals surface area (Å²) in [6, 6.07) is 5.80. The molecule has 0 bridgehead atoms. The van der Waals surface area contributed by atoms with Gasteiger partial charge in [-0.05, 0) is 18.2 Å². The standard InChI is InChI=1S/C12H12N2O2S/c1-16-7-2-3-9-8(6-7)11-10(14-9)12(15)13-4-5-17-11/h2-3,6,14H,4-5H2,1H3,(H,13,15). The fourth-order valence-electron chi connectivity index (χ4n) is 1.99. The van der Waals surface area contributed by atoms with Crippen molar-refractivity contribution in [1.29, 1.82) is 0 Å². The molecule has 0 aliphatic carbocycles. The van der Waals surface area contributed by atoms with Gasteiger partial charge in [0.25, 0.3) is 5.91 Å². The molecule has 5 heteroatoms. The van der Waals surface area contributed by atoms with E-state index in [9.17, 15) is 4.79 Å². The lowest BCUT2D eigenvalue weighted by Crippen LogP contribution is -2.24. The zero-order chi connectivity index (χ0) is 11.8. The zero-order valence-corrected chi connectivity index (χ0v) is 10.2. The first-order valence-corrected chi connectivity index (χ1v) is 6.39. The number of thioether (sulfide) groups is 1. The van der Waals surface area contributed by atoms with Crippen molar-refractivity contribution in [3.8, 4) is 5.75 Å². The summed E-state index contributed by atoms with van der Waals surface area (Å²) in [6.45, 7) is 0.706. The van der Waals surface area contributed by atoms with Gasteiger partial charge in [0, 0.05) is 28.1 Å². The largest absolute Gasteiger partial charge is 0.497 e.